The second-order valence-corrected chi connectivity index (χ2v) is 3.65. The lowest BCUT2D eigenvalue weighted by molar-refractivity contribution is 0.117. The Hall–Kier alpha value is -0.0800. The van der Waals surface area contributed by atoms with Gasteiger partial charge in [-0.3, -0.25) is 4.90 Å². The van der Waals surface area contributed by atoms with Gasteiger partial charge in [0.15, 0.2) is 0 Å². The van der Waals surface area contributed by atoms with Crippen molar-refractivity contribution in [3.63, 3.8) is 0 Å². The van der Waals surface area contributed by atoms with E-state index in [1.807, 2.05) is 0 Å². The summed E-state index contributed by atoms with van der Waals surface area (Å²) in [6, 6.07) is 0.500. The minimum absolute atomic E-state index is 0.0301. The maximum atomic E-state index is 9.53. The first kappa shape index (κ1) is 6.62. The second kappa shape index (κ2) is 2.21. The van der Waals surface area contributed by atoms with Crippen LogP contribution in [0.3, 0.4) is 0 Å². The van der Waals surface area contributed by atoms with E-state index in [1.54, 1.807) is 0 Å². The molecular formula is C8H15NO. The summed E-state index contributed by atoms with van der Waals surface area (Å²) in [5.41, 5.74) is 0. The van der Waals surface area contributed by atoms with Gasteiger partial charge in [-0.05, 0) is 25.3 Å². The summed E-state index contributed by atoms with van der Waals surface area (Å²) in [4.78, 5) is 2.43. The first-order valence-corrected chi connectivity index (χ1v) is 4.21. The van der Waals surface area contributed by atoms with Crippen molar-refractivity contribution in [2.75, 3.05) is 13.1 Å². The van der Waals surface area contributed by atoms with Crippen molar-refractivity contribution in [2.45, 2.75) is 31.9 Å². The largest absolute Gasteiger partial charge is 0.391 e. The van der Waals surface area contributed by atoms with Crippen molar-refractivity contribution in [3.05, 3.63) is 0 Å². The Balaban J connectivity index is 2.11. The second-order valence-electron chi connectivity index (χ2n) is 3.65. The van der Waals surface area contributed by atoms with Crippen LogP contribution in [0.25, 0.3) is 0 Å². The lowest BCUT2D eigenvalue weighted by Crippen LogP contribution is -2.32. The molecule has 0 amide bonds. The van der Waals surface area contributed by atoms with Gasteiger partial charge in [-0.25, -0.2) is 0 Å². The van der Waals surface area contributed by atoms with E-state index in [0.29, 0.717) is 6.04 Å². The molecular weight excluding hydrogens is 126 g/mol. The molecule has 58 valence electrons. The smallest absolute Gasteiger partial charge is 0.0710 e. The molecule has 0 aromatic carbocycles. The van der Waals surface area contributed by atoms with Gasteiger partial charge < -0.3 is 5.11 Å². The highest BCUT2D eigenvalue weighted by molar-refractivity contribution is 4.94. The number of nitrogens with zero attached hydrogens (tertiary/aromatic N) is 1. The third-order valence-corrected chi connectivity index (χ3v) is 2.98. The number of hydrogen-bond acceptors (Lipinski definition) is 2. The fourth-order valence-electron chi connectivity index (χ4n) is 2.40. The zero-order valence-corrected chi connectivity index (χ0v) is 6.45. The van der Waals surface area contributed by atoms with Crippen LogP contribution in [-0.4, -0.2) is 35.2 Å². The van der Waals surface area contributed by atoms with Gasteiger partial charge >= 0.3 is 0 Å². The average molecular weight is 141 g/mol. The Morgan fingerprint density at radius 3 is 2.70 bits per heavy atom. The van der Waals surface area contributed by atoms with E-state index in [2.05, 4.69) is 11.8 Å². The van der Waals surface area contributed by atoms with Crippen LogP contribution in [0.15, 0.2) is 0 Å². The Kier molecular flexibility index (Phi) is 1.46. The number of hydrogen-bond donors (Lipinski definition) is 1. The van der Waals surface area contributed by atoms with Gasteiger partial charge in [-0.1, -0.05) is 6.92 Å². The molecule has 3 atom stereocenters. The maximum absolute atomic E-state index is 9.53. The van der Waals surface area contributed by atoms with Gasteiger partial charge in [-0.2, -0.15) is 0 Å². The number of aliphatic hydroxyl groups is 1. The third kappa shape index (κ3) is 0.789. The summed E-state index contributed by atoms with van der Waals surface area (Å²) >= 11 is 0. The summed E-state index contributed by atoms with van der Waals surface area (Å²) in [6.45, 7) is 4.58. The molecule has 1 N–H and O–H groups in total. The predicted molar refractivity (Wildman–Crippen MR) is 39.8 cm³/mol. The fraction of sp³-hybridized carbons (Fsp3) is 1.00. The summed E-state index contributed by atoms with van der Waals surface area (Å²) in [5, 5.41) is 9.53. The highest BCUT2D eigenvalue weighted by Gasteiger charge is 2.40. The third-order valence-electron chi connectivity index (χ3n) is 2.98. The van der Waals surface area contributed by atoms with Gasteiger partial charge in [0.05, 0.1) is 6.10 Å². The van der Waals surface area contributed by atoms with E-state index in [0.717, 1.165) is 18.9 Å². The van der Waals surface area contributed by atoms with E-state index in [1.165, 1.54) is 13.0 Å². The van der Waals surface area contributed by atoms with Crippen molar-refractivity contribution >= 4 is 0 Å². The number of rotatable bonds is 0. The Morgan fingerprint density at radius 1 is 1.30 bits per heavy atom. The minimum Gasteiger partial charge on any atom is -0.391 e. The van der Waals surface area contributed by atoms with Gasteiger partial charge in [0.25, 0.3) is 0 Å². The monoisotopic (exact) mass is 141 g/mol. The summed E-state index contributed by atoms with van der Waals surface area (Å²) in [7, 11) is 0. The molecule has 0 radical (unpaired) electrons. The standard InChI is InChI=1S/C8H15NO/c1-6-2-4-9-5-3-7(10)8(6)9/h6-8,10H,2-5H2,1H3/t6-,7+,8+/m1/s1. The predicted octanol–water partition coefficient (Wildman–Crippen LogP) is 0.461. The summed E-state index contributed by atoms with van der Waals surface area (Å²) < 4.78 is 0. The van der Waals surface area contributed by atoms with Crippen LogP contribution < -0.4 is 0 Å². The molecule has 2 fully saturated rings. The highest BCUT2D eigenvalue weighted by Crippen LogP contribution is 2.32. The molecule has 10 heavy (non-hydrogen) atoms. The minimum atomic E-state index is -0.0301. The van der Waals surface area contributed by atoms with Crippen LogP contribution in [0, 0.1) is 5.92 Å². The zero-order chi connectivity index (χ0) is 7.14. The Labute approximate surface area is 61.8 Å². The number of fused-ring (bicyclic) bond motifs is 1. The van der Waals surface area contributed by atoms with E-state index >= 15 is 0 Å². The molecule has 2 heterocycles. The van der Waals surface area contributed by atoms with Crippen molar-refractivity contribution < 1.29 is 5.11 Å². The van der Waals surface area contributed by atoms with E-state index in [4.69, 9.17) is 0 Å². The molecule has 0 aromatic heterocycles. The molecule has 2 aliphatic rings. The van der Waals surface area contributed by atoms with Crippen LogP contribution in [-0.2, 0) is 0 Å². The molecule has 0 unspecified atom stereocenters. The SMILES string of the molecule is C[C@@H]1CCN2CC[C@H](O)[C@H]12. The zero-order valence-electron chi connectivity index (χ0n) is 6.45. The maximum Gasteiger partial charge on any atom is 0.0710 e. The molecule has 2 nitrogen and oxygen atoms in total. The van der Waals surface area contributed by atoms with Gasteiger partial charge in [-0.15, -0.1) is 0 Å². The Bertz CT molecular complexity index is 123. The van der Waals surface area contributed by atoms with Crippen molar-refractivity contribution in [2.24, 2.45) is 5.92 Å². The van der Waals surface area contributed by atoms with Crippen LogP contribution >= 0.6 is 0 Å². The van der Waals surface area contributed by atoms with Gasteiger partial charge in [0.2, 0.25) is 0 Å². The van der Waals surface area contributed by atoms with Crippen molar-refractivity contribution in [1.82, 2.24) is 4.90 Å². The molecule has 0 aliphatic carbocycles. The van der Waals surface area contributed by atoms with Crippen molar-refractivity contribution in [1.29, 1.82) is 0 Å². The van der Waals surface area contributed by atoms with Crippen LogP contribution in [0.1, 0.15) is 19.8 Å². The fourth-order valence-corrected chi connectivity index (χ4v) is 2.40. The molecule has 2 aliphatic heterocycles. The van der Waals surface area contributed by atoms with Crippen LogP contribution in [0.4, 0.5) is 0 Å². The molecule has 2 rings (SSSR count). The lowest BCUT2D eigenvalue weighted by atomic mass is 9.99. The molecule has 2 heteroatoms. The van der Waals surface area contributed by atoms with Crippen LogP contribution in [0.5, 0.6) is 0 Å². The Morgan fingerprint density at radius 2 is 2.00 bits per heavy atom. The first-order valence-electron chi connectivity index (χ1n) is 4.21. The van der Waals surface area contributed by atoms with Crippen molar-refractivity contribution in [3.8, 4) is 0 Å². The highest BCUT2D eigenvalue weighted by atomic mass is 16.3. The van der Waals surface area contributed by atoms with E-state index in [9.17, 15) is 5.11 Å². The van der Waals surface area contributed by atoms with Gasteiger partial charge in [0, 0.05) is 12.6 Å². The van der Waals surface area contributed by atoms with E-state index < -0.39 is 0 Å². The van der Waals surface area contributed by atoms with Gasteiger partial charge in [0.1, 0.15) is 0 Å². The summed E-state index contributed by atoms with van der Waals surface area (Å²) in [5.74, 6) is 0.720. The number of aliphatic hydroxyl groups excluding tert-OH is 1. The molecule has 0 aromatic rings. The molecule has 0 bridgehead atoms. The average Bonchev–Trinajstić information content (AvgIpc) is 2.40. The molecule has 0 saturated carbocycles. The normalized spacial score (nSPS) is 48.0. The van der Waals surface area contributed by atoms with E-state index in [-0.39, 0.29) is 6.10 Å². The molecule has 0 spiro atoms. The van der Waals surface area contributed by atoms with Crippen LogP contribution in [0.2, 0.25) is 0 Å². The summed E-state index contributed by atoms with van der Waals surface area (Å²) in [6.07, 6.45) is 2.24. The lowest BCUT2D eigenvalue weighted by Gasteiger charge is -2.19. The first-order chi connectivity index (χ1) is 4.79. The molecule has 2 saturated heterocycles. The quantitative estimate of drug-likeness (QED) is 0.530. The topological polar surface area (TPSA) is 23.5 Å².